The van der Waals surface area contributed by atoms with E-state index in [4.69, 9.17) is 4.74 Å². The maximum atomic E-state index is 11.7. The fraction of sp³-hybridized carbons (Fsp3) is 0.273. The van der Waals surface area contributed by atoms with E-state index in [1.54, 1.807) is 0 Å². The van der Waals surface area contributed by atoms with E-state index in [1.807, 2.05) is 31.2 Å². The van der Waals surface area contributed by atoms with E-state index < -0.39 is 6.18 Å². The van der Waals surface area contributed by atoms with Gasteiger partial charge in [0, 0.05) is 0 Å². The Bertz CT molecular complexity index is 325. The van der Waals surface area contributed by atoms with Crippen LogP contribution in [0.5, 0.6) is 0 Å². The summed E-state index contributed by atoms with van der Waals surface area (Å²) in [6.07, 6.45) is -3.58. The normalized spacial score (nSPS) is 12.0. The molecule has 0 aliphatic heterocycles. The van der Waals surface area contributed by atoms with Crippen molar-refractivity contribution < 1.29 is 17.9 Å². The van der Waals surface area contributed by atoms with Crippen molar-refractivity contribution in [1.82, 2.24) is 0 Å². The molecule has 0 aliphatic rings. The first-order chi connectivity index (χ1) is 6.97. The van der Waals surface area contributed by atoms with Gasteiger partial charge in [0.05, 0.1) is 12.3 Å². The molecule has 0 N–H and O–H groups in total. The molecule has 0 saturated carbocycles. The molecule has 1 rings (SSSR count). The van der Waals surface area contributed by atoms with Gasteiger partial charge < -0.3 is 4.74 Å². The topological polar surface area (TPSA) is 9.23 Å². The SMILES string of the molecule is Cc1ccc(COC=CC(F)(F)F)cc1. The lowest BCUT2D eigenvalue weighted by Gasteiger charge is -2.02. The van der Waals surface area contributed by atoms with E-state index in [9.17, 15) is 13.2 Å². The van der Waals surface area contributed by atoms with E-state index >= 15 is 0 Å². The highest BCUT2D eigenvalue weighted by molar-refractivity contribution is 5.20. The number of ether oxygens (including phenoxy) is 1. The van der Waals surface area contributed by atoms with Crippen LogP contribution in [0.15, 0.2) is 36.6 Å². The summed E-state index contributed by atoms with van der Waals surface area (Å²) in [5.74, 6) is 0. The van der Waals surface area contributed by atoms with Crippen molar-refractivity contribution in [3.63, 3.8) is 0 Å². The van der Waals surface area contributed by atoms with Gasteiger partial charge in [0.25, 0.3) is 0 Å². The van der Waals surface area contributed by atoms with Gasteiger partial charge in [0.1, 0.15) is 6.61 Å². The van der Waals surface area contributed by atoms with Crippen molar-refractivity contribution in [2.24, 2.45) is 0 Å². The second-order valence-electron chi connectivity index (χ2n) is 3.14. The molecule has 4 heteroatoms. The summed E-state index contributed by atoms with van der Waals surface area (Å²) in [5.41, 5.74) is 1.94. The van der Waals surface area contributed by atoms with Crippen molar-refractivity contribution in [2.45, 2.75) is 19.7 Å². The number of hydrogen-bond acceptors (Lipinski definition) is 1. The number of benzene rings is 1. The second-order valence-corrected chi connectivity index (χ2v) is 3.14. The van der Waals surface area contributed by atoms with Gasteiger partial charge in [-0.05, 0) is 12.5 Å². The molecule has 1 nitrogen and oxygen atoms in total. The van der Waals surface area contributed by atoms with Gasteiger partial charge in [0.2, 0.25) is 0 Å². The third kappa shape index (κ3) is 5.10. The number of rotatable bonds is 3. The highest BCUT2D eigenvalue weighted by atomic mass is 19.4. The van der Waals surface area contributed by atoms with Crippen LogP contribution >= 0.6 is 0 Å². The number of halogens is 3. The van der Waals surface area contributed by atoms with Crippen molar-refractivity contribution >= 4 is 0 Å². The van der Waals surface area contributed by atoms with Crippen LogP contribution in [0.25, 0.3) is 0 Å². The molecule has 0 spiro atoms. The van der Waals surface area contributed by atoms with Crippen molar-refractivity contribution in [3.05, 3.63) is 47.7 Å². The minimum absolute atomic E-state index is 0.0706. The highest BCUT2D eigenvalue weighted by Gasteiger charge is 2.22. The van der Waals surface area contributed by atoms with E-state index in [0.717, 1.165) is 11.1 Å². The third-order valence-electron chi connectivity index (χ3n) is 1.72. The van der Waals surface area contributed by atoms with Crippen molar-refractivity contribution in [3.8, 4) is 0 Å². The van der Waals surface area contributed by atoms with Crippen LogP contribution in [0.1, 0.15) is 11.1 Å². The molecule has 0 atom stereocenters. The first-order valence-corrected chi connectivity index (χ1v) is 4.39. The zero-order chi connectivity index (χ0) is 11.3. The first-order valence-electron chi connectivity index (χ1n) is 4.39. The summed E-state index contributed by atoms with van der Waals surface area (Å²) < 4.78 is 39.7. The molecule has 0 aliphatic carbocycles. The van der Waals surface area contributed by atoms with Crippen LogP contribution in [0, 0.1) is 6.92 Å². The molecular weight excluding hydrogens is 205 g/mol. The molecule has 0 heterocycles. The maximum absolute atomic E-state index is 11.7. The van der Waals surface area contributed by atoms with E-state index in [1.165, 1.54) is 0 Å². The first kappa shape index (κ1) is 11.6. The largest absolute Gasteiger partial charge is 0.497 e. The molecule has 0 aromatic heterocycles. The van der Waals surface area contributed by atoms with E-state index in [0.29, 0.717) is 6.26 Å². The average molecular weight is 216 g/mol. The summed E-state index contributed by atoms with van der Waals surface area (Å²) in [6.45, 7) is 2.08. The van der Waals surface area contributed by atoms with Gasteiger partial charge in [-0.3, -0.25) is 0 Å². The Hall–Kier alpha value is -1.45. The van der Waals surface area contributed by atoms with Crippen LogP contribution in [-0.2, 0) is 11.3 Å². The summed E-state index contributed by atoms with van der Waals surface area (Å²) in [7, 11) is 0. The van der Waals surface area contributed by atoms with E-state index in [2.05, 4.69) is 0 Å². The smallest absolute Gasteiger partial charge is 0.412 e. The molecular formula is C11H11F3O. The molecule has 82 valence electrons. The lowest BCUT2D eigenvalue weighted by Crippen LogP contribution is -2.01. The Morgan fingerprint density at radius 1 is 1.20 bits per heavy atom. The summed E-state index contributed by atoms with van der Waals surface area (Å²) >= 11 is 0. The van der Waals surface area contributed by atoms with Crippen molar-refractivity contribution in [2.75, 3.05) is 0 Å². The average Bonchev–Trinajstić information content (AvgIpc) is 2.14. The summed E-state index contributed by atoms with van der Waals surface area (Å²) in [4.78, 5) is 0. The molecule has 1 aromatic rings. The molecule has 0 bridgehead atoms. The van der Waals surface area contributed by atoms with Gasteiger partial charge in [-0.2, -0.15) is 13.2 Å². The molecule has 0 radical (unpaired) electrons. The Balaban J connectivity index is 2.38. The van der Waals surface area contributed by atoms with Crippen LogP contribution < -0.4 is 0 Å². The fourth-order valence-electron chi connectivity index (χ4n) is 0.954. The Morgan fingerprint density at radius 2 is 1.80 bits per heavy atom. The number of allylic oxidation sites excluding steroid dienone is 1. The number of hydrogen-bond donors (Lipinski definition) is 0. The minimum atomic E-state index is -4.31. The highest BCUT2D eigenvalue weighted by Crippen LogP contribution is 2.16. The molecule has 0 saturated heterocycles. The lowest BCUT2D eigenvalue weighted by molar-refractivity contribution is -0.0817. The molecule has 0 unspecified atom stereocenters. The minimum Gasteiger partial charge on any atom is -0.497 e. The van der Waals surface area contributed by atoms with Gasteiger partial charge >= 0.3 is 6.18 Å². The third-order valence-corrected chi connectivity index (χ3v) is 1.72. The molecule has 15 heavy (non-hydrogen) atoms. The molecule has 0 fully saturated rings. The van der Waals surface area contributed by atoms with Crippen LogP contribution in [0.2, 0.25) is 0 Å². The molecule has 0 amide bonds. The summed E-state index contributed by atoms with van der Waals surface area (Å²) in [6, 6.07) is 7.39. The number of aryl methyl sites for hydroxylation is 1. The Kier molecular flexibility index (Phi) is 3.77. The second kappa shape index (κ2) is 4.87. The predicted octanol–water partition coefficient (Wildman–Crippen LogP) is 3.59. The standard InChI is InChI=1S/C11H11F3O/c1-9-2-4-10(5-3-9)8-15-7-6-11(12,13)14/h2-7H,8H2,1H3. The van der Waals surface area contributed by atoms with Gasteiger partial charge in [-0.25, -0.2) is 0 Å². The van der Waals surface area contributed by atoms with Gasteiger partial charge in [-0.1, -0.05) is 29.8 Å². The molecule has 1 aromatic carbocycles. The monoisotopic (exact) mass is 216 g/mol. The van der Waals surface area contributed by atoms with E-state index in [-0.39, 0.29) is 12.7 Å². The quantitative estimate of drug-likeness (QED) is 0.701. The zero-order valence-corrected chi connectivity index (χ0v) is 8.21. The van der Waals surface area contributed by atoms with Crippen LogP contribution in [-0.4, -0.2) is 6.18 Å². The van der Waals surface area contributed by atoms with Gasteiger partial charge in [-0.15, -0.1) is 0 Å². The number of alkyl halides is 3. The fourth-order valence-corrected chi connectivity index (χ4v) is 0.954. The Labute approximate surface area is 86.2 Å². The Morgan fingerprint density at radius 3 is 2.33 bits per heavy atom. The summed E-state index contributed by atoms with van der Waals surface area (Å²) in [5, 5.41) is 0. The van der Waals surface area contributed by atoms with Gasteiger partial charge in [0.15, 0.2) is 0 Å². The van der Waals surface area contributed by atoms with Crippen molar-refractivity contribution in [1.29, 1.82) is 0 Å². The van der Waals surface area contributed by atoms with Crippen LogP contribution in [0.4, 0.5) is 13.2 Å². The zero-order valence-electron chi connectivity index (χ0n) is 8.21. The maximum Gasteiger partial charge on any atom is 0.412 e. The lowest BCUT2D eigenvalue weighted by atomic mass is 10.2. The predicted molar refractivity (Wildman–Crippen MR) is 51.2 cm³/mol. The van der Waals surface area contributed by atoms with Crippen LogP contribution in [0.3, 0.4) is 0 Å².